The van der Waals surface area contributed by atoms with Gasteiger partial charge in [-0.3, -0.25) is 4.79 Å². The Labute approximate surface area is 101 Å². The van der Waals surface area contributed by atoms with Crippen molar-refractivity contribution >= 4 is 15.8 Å². The van der Waals surface area contributed by atoms with Crippen molar-refractivity contribution in [3.63, 3.8) is 0 Å². The number of carbonyl (C=O) groups is 1. The van der Waals surface area contributed by atoms with Crippen LogP contribution in [0.15, 0.2) is 0 Å². The molecule has 7 heteroatoms. The molecule has 0 amide bonds. The third-order valence-corrected chi connectivity index (χ3v) is 3.53. The second kappa shape index (κ2) is 6.32. The van der Waals surface area contributed by atoms with Crippen molar-refractivity contribution in [1.82, 2.24) is 0 Å². The van der Waals surface area contributed by atoms with Crippen LogP contribution < -0.4 is 5.73 Å². The highest BCUT2D eigenvalue weighted by Crippen LogP contribution is 2.11. The van der Waals surface area contributed by atoms with Crippen molar-refractivity contribution in [2.45, 2.75) is 31.4 Å². The van der Waals surface area contributed by atoms with E-state index in [-0.39, 0.29) is 18.3 Å². The molecule has 0 spiro atoms. The van der Waals surface area contributed by atoms with Gasteiger partial charge in [0.2, 0.25) is 0 Å². The van der Waals surface area contributed by atoms with Crippen LogP contribution in [0.1, 0.15) is 19.3 Å². The summed E-state index contributed by atoms with van der Waals surface area (Å²) in [5, 5.41) is 0. The monoisotopic (exact) mass is 265 g/mol. The molecule has 2 N–H and O–H groups in total. The summed E-state index contributed by atoms with van der Waals surface area (Å²) in [7, 11) is -3.09. The van der Waals surface area contributed by atoms with Crippen LogP contribution in [0.4, 0.5) is 0 Å². The molecule has 100 valence electrons. The molecule has 0 saturated carbocycles. The van der Waals surface area contributed by atoms with Crippen LogP contribution in [0.5, 0.6) is 0 Å². The van der Waals surface area contributed by atoms with Gasteiger partial charge < -0.3 is 15.2 Å². The van der Waals surface area contributed by atoms with Gasteiger partial charge in [0.25, 0.3) is 0 Å². The highest BCUT2D eigenvalue weighted by atomic mass is 32.2. The Morgan fingerprint density at radius 3 is 2.59 bits per heavy atom. The molecule has 0 aliphatic carbocycles. The lowest BCUT2D eigenvalue weighted by molar-refractivity contribution is -0.154. The largest absolute Gasteiger partial charge is 0.461 e. The van der Waals surface area contributed by atoms with Crippen LogP contribution in [0.2, 0.25) is 0 Å². The smallest absolute Gasteiger partial charge is 0.323 e. The van der Waals surface area contributed by atoms with Gasteiger partial charge in [-0.15, -0.1) is 0 Å². The van der Waals surface area contributed by atoms with Crippen LogP contribution >= 0.6 is 0 Å². The lowest BCUT2D eigenvalue weighted by Gasteiger charge is -2.23. The molecule has 1 saturated heterocycles. The first-order chi connectivity index (χ1) is 7.88. The molecule has 6 nitrogen and oxygen atoms in total. The lowest BCUT2D eigenvalue weighted by atomic mass is 10.1. The lowest BCUT2D eigenvalue weighted by Crippen LogP contribution is -2.37. The van der Waals surface area contributed by atoms with Gasteiger partial charge in [-0.1, -0.05) is 0 Å². The predicted octanol–water partition coefficient (Wildman–Crippen LogP) is -0.529. The molecular formula is C10H19NO5S. The van der Waals surface area contributed by atoms with Gasteiger partial charge in [0.15, 0.2) is 0 Å². The fourth-order valence-corrected chi connectivity index (χ4v) is 2.19. The van der Waals surface area contributed by atoms with Gasteiger partial charge in [0.1, 0.15) is 22.0 Å². The van der Waals surface area contributed by atoms with E-state index in [2.05, 4.69) is 0 Å². The molecule has 1 unspecified atom stereocenters. The molecule has 0 aromatic carbocycles. The van der Waals surface area contributed by atoms with E-state index in [0.717, 1.165) is 6.26 Å². The number of rotatable bonds is 5. The summed E-state index contributed by atoms with van der Waals surface area (Å²) in [4.78, 5) is 11.5. The number of ether oxygens (including phenoxy) is 2. The van der Waals surface area contributed by atoms with Crippen LogP contribution in [0.3, 0.4) is 0 Å². The highest BCUT2D eigenvalue weighted by Gasteiger charge is 2.23. The van der Waals surface area contributed by atoms with Gasteiger partial charge in [-0.25, -0.2) is 8.42 Å². The molecule has 0 radical (unpaired) electrons. The molecule has 0 bridgehead atoms. The first kappa shape index (κ1) is 14.4. The Bertz CT molecular complexity index is 348. The fraction of sp³-hybridized carbons (Fsp3) is 0.900. The van der Waals surface area contributed by atoms with Crippen molar-refractivity contribution < 1.29 is 22.7 Å². The van der Waals surface area contributed by atoms with E-state index in [1.165, 1.54) is 0 Å². The molecule has 1 rings (SSSR count). The number of hydrogen-bond donors (Lipinski definition) is 1. The maximum atomic E-state index is 11.5. The van der Waals surface area contributed by atoms with Crippen LogP contribution in [-0.4, -0.2) is 51.8 Å². The molecule has 1 atom stereocenters. The minimum absolute atomic E-state index is 0.0981. The Morgan fingerprint density at radius 2 is 2.06 bits per heavy atom. The molecule has 0 aromatic heterocycles. The Balaban J connectivity index is 2.30. The van der Waals surface area contributed by atoms with Crippen molar-refractivity contribution in [3.8, 4) is 0 Å². The summed E-state index contributed by atoms with van der Waals surface area (Å²) < 4.78 is 32.2. The summed E-state index contributed by atoms with van der Waals surface area (Å²) in [6.45, 7) is 1.16. The van der Waals surface area contributed by atoms with Gasteiger partial charge in [-0.05, 0) is 6.42 Å². The van der Waals surface area contributed by atoms with E-state index >= 15 is 0 Å². The van der Waals surface area contributed by atoms with E-state index in [1.54, 1.807) is 0 Å². The van der Waals surface area contributed by atoms with E-state index in [1.807, 2.05) is 0 Å². The summed E-state index contributed by atoms with van der Waals surface area (Å²) in [5.74, 6) is -0.627. The van der Waals surface area contributed by atoms with Crippen molar-refractivity contribution in [2.24, 2.45) is 5.73 Å². The third-order valence-electron chi connectivity index (χ3n) is 2.55. The van der Waals surface area contributed by atoms with Crippen LogP contribution in [-0.2, 0) is 24.1 Å². The second-order valence-electron chi connectivity index (χ2n) is 4.27. The summed E-state index contributed by atoms with van der Waals surface area (Å²) in [5.41, 5.74) is 5.57. The van der Waals surface area contributed by atoms with Crippen molar-refractivity contribution in [1.29, 1.82) is 0 Å². The Hall–Kier alpha value is -0.660. The summed E-state index contributed by atoms with van der Waals surface area (Å²) >= 11 is 0. The minimum atomic E-state index is -3.09. The average molecular weight is 265 g/mol. The molecule has 17 heavy (non-hydrogen) atoms. The van der Waals surface area contributed by atoms with Gasteiger partial charge >= 0.3 is 5.97 Å². The molecule has 0 aromatic rings. The molecule has 1 fully saturated rings. The third kappa shape index (κ3) is 5.99. The normalized spacial score (nSPS) is 19.9. The number of sulfone groups is 1. The zero-order chi connectivity index (χ0) is 12.9. The van der Waals surface area contributed by atoms with Crippen molar-refractivity contribution in [2.75, 3.05) is 25.2 Å². The quantitative estimate of drug-likeness (QED) is 0.671. The molecular weight excluding hydrogens is 246 g/mol. The van der Waals surface area contributed by atoms with E-state index in [9.17, 15) is 13.2 Å². The zero-order valence-corrected chi connectivity index (χ0v) is 10.7. The number of esters is 1. The number of carbonyl (C=O) groups excluding carboxylic acids is 1. The zero-order valence-electron chi connectivity index (χ0n) is 9.92. The maximum Gasteiger partial charge on any atom is 0.323 e. The first-order valence-electron chi connectivity index (χ1n) is 5.60. The van der Waals surface area contributed by atoms with Crippen LogP contribution in [0.25, 0.3) is 0 Å². The fourth-order valence-electron chi connectivity index (χ4n) is 1.50. The summed E-state index contributed by atoms with van der Waals surface area (Å²) in [6, 6.07) is -0.868. The van der Waals surface area contributed by atoms with Gasteiger partial charge in [0, 0.05) is 19.1 Å². The maximum absolute atomic E-state index is 11.5. The Kier molecular flexibility index (Phi) is 5.35. The number of hydrogen-bond acceptors (Lipinski definition) is 6. The van der Waals surface area contributed by atoms with Gasteiger partial charge in [0.05, 0.1) is 19.0 Å². The standard InChI is InChI=1S/C10H19NO5S/c1-17(13,14)7-4-9(11)10(12)16-8-2-5-15-6-3-8/h8-9H,2-7,11H2,1H3. The predicted molar refractivity (Wildman–Crippen MR) is 62.2 cm³/mol. The molecule has 1 aliphatic heterocycles. The van der Waals surface area contributed by atoms with E-state index in [4.69, 9.17) is 15.2 Å². The Morgan fingerprint density at radius 1 is 1.47 bits per heavy atom. The van der Waals surface area contributed by atoms with Gasteiger partial charge in [-0.2, -0.15) is 0 Å². The van der Waals surface area contributed by atoms with Crippen LogP contribution in [0, 0.1) is 0 Å². The average Bonchev–Trinajstić information content (AvgIpc) is 2.26. The number of nitrogens with two attached hydrogens (primary N) is 1. The molecule has 1 heterocycles. The van der Waals surface area contributed by atoms with E-state index in [0.29, 0.717) is 26.1 Å². The second-order valence-corrected chi connectivity index (χ2v) is 6.53. The van der Waals surface area contributed by atoms with Crippen molar-refractivity contribution in [3.05, 3.63) is 0 Å². The summed E-state index contributed by atoms with van der Waals surface area (Å²) in [6.07, 6.45) is 2.40. The molecule has 1 aliphatic rings. The first-order valence-corrected chi connectivity index (χ1v) is 7.66. The topological polar surface area (TPSA) is 95.7 Å². The highest BCUT2D eigenvalue weighted by molar-refractivity contribution is 7.90. The van der Waals surface area contributed by atoms with E-state index < -0.39 is 21.8 Å². The SMILES string of the molecule is CS(=O)(=O)CCC(N)C(=O)OC1CCOCC1. The minimum Gasteiger partial charge on any atom is -0.461 e.